The first-order valence-electron chi connectivity index (χ1n) is 9.98. The Hall–Kier alpha value is -2.57. The number of carbonyl (C=O) groups excluding carboxylic acids is 1. The van der Waals surface area contributed by atoms with Crippen LogP contribution in [0.2, 0.25) is 0 Å². The van der Waals surface area contributed by atoms with Crippen LogP contribution in [0.1, 0.15) is 49.4 Å². The van der Waals surface area contributed by atoms with Gasteiger partial charge < -0.3 is 18.8 Å². The highest BCUT2D eigenvalue weighted by molar-refractivity contribution is 5.77. The molecule has 2 fully saturated rings. The lowest BCUT2D eigenvalue weighted by Crippen LogP contribution is -2.35. The number of methoxy groups -OCH3 is 2. The van der Waals surface area contributed by atoms with Gasteiger partial charge in [0.2, 0.25) is 17.7 Å². The average molecular weight is 385 g/mol. The van der Waals surface area contributed by atoms with E-state index in [0.29, 0.717) is 43.0 Å². The molecule has 2 atom stereocenters. The average Bonchev–Trinajstić information content (AvgIpc) is 3.29. The lowest BCUT2D eigenvalue weighted by molar-refractivity contribution is -0.132. The number of rotatable bonds is 7. The van der Waals surface area contributed by atoms with E-state index in [9.17, 15) is 4.79 Å². The van der Waals surface area contributed by atoms with Gasteiger partial charge in [-0.1, -0.05) is 6.42 Å². The van der Waals surface area contributed by atoms with Gasteiger partial charge in [-0.25, -0.2) is 0 Å². The van der Waals surface area contributed by atoms with Crippen molar-refractivity contribution in [2.45, 2.75) is 51.0 Å². The van der Waals surface area contributed by atoms with Gasteiger partial charge >= 0.3 is 0 Å². The highest BCUT2D eigenvalue weighted by Gasteiger charge is 2.37. The quantitative estimate of drug-likeness (QED) is 0.729. The van der Waals surface area contributed by atoms with Crippen LogP contribution in [0.25, 0.3) is 0 Å². The molecule has 1 aliphatic heterocycles. The lowest BCUT2D eigenvalue weighted by Gasteiger charge is -2.24. The summed E-state index contributed by atoms with van der Waals surface area (Å²) in [4.78, 5) is 14.7. The summed E-state index contributed by atoms with van der Waals surface area (Å²) in [5.74, 6) is 3.42. The van der Waals surface area contributed by atoms with Crippen LogP contribution in [0.5, 0.6) is 11.5 Å². The number of ether oxygens (including phenoxy) is 2. The second-order valence-corrected chi connectivity index (χ2v) is 7.68. The van der Waals surface area contributed by atoms with Crippen molar-refractivity contribution < 1.29 is 18.7 Å². The molecule has 1 aromatic carbocycles. The molecule has 2 aliphatic rings. The highest BCUT2D eigenvalue weighted by Crippen LogP contribution is 2.35. The van der Waals surface area contributed by atoms with Crippen LogP contribution in [0, 0.1) is 5.92 Å². The maximum atomic E-state index is 12.6. The Balaban J connectivity index is 1.35. The Morgan fingerprint density at radius 3 is 2.86 bits per heavy atom. The Kier molecular flexibility index (Phi) is 5.50. The summed E-state index contributed by atoms with van der Waals surface area (Å²) in [7, 11) is 3.25. The number of hydrogen-bond acceptors (Lipinski definition) is 6. The fraction of sp³-hybridized carbons (Fsp3) is 0.571. The first-order chi connectivity index (χ1) is 13.7. The van der Waals surface area contributed by atoms with Crippen molar-refractivity contribution in [3.8, 4) is 11.5 Å². The van der Waals surface area contributed by atoms with Crippen LogP contribution in [0.3, 0.4) is 0 Å². The fourth-order valence-corrected chi connectivity index (χ4v) is 4.45. The van der Waals surface area contributed by atoms with E-state index in [1.807, 2.05) is 18.2 Å². The monoisotopic (exact) mass is 385 g/mol. The molecule has 0 unspecified atom stereocenters. The van der Waals surface area contributed by atoms with Crippen molar-refractivity contribution in [2.75, 3.05) is 20.8 Å². The minimum Gasteiger partial charge on any atom is -0.497 e. The number of nitrogens with zero attached hydrogens (tertiary/aromatic N) is 3. The molecule has 1 saturated heterocycles. The highest BCUT2D eigenvalue weighted by atomic mass is 16.5. The predicted octanol–water partition coefficient (Wildman–Crippen LogP) is 3.01. The molecular weight excluding hydrogens is 358 g/mol. The third kappa shape index (κ3) is 3.98. The third-order valence-corrected chi connectivity index (χ3v) is 5.86. The molecule has 1 saturated carbocycles. The smallest absolute Gasteiger partial charge is 0.223 e. The summed E-state index contributed by atoms with van der Waals surface area (Å²) < 4.78 is 16.4. The van der Waals surface area contributed by atoms with E-state index in [4.69, 9.17) is 13.9 Å². The SMILES string of the molecule is COc1ccc(OC)c(Cc2nnc(CCC(=O)N3C[C@H]4CCC[C@@H]3C4)o2)c1. The summed E-state index contributed by atoms with van der Waals surface area (Å²) in [5, 5.41) is 8.25. The van der Waals surface area contributed by atoms with Gasteiger partial charge in [-0.15, -0.1) is 10.2 Å². The van der Waals surface area contributed by atoms with Crippen LogP contribution < -0.4 is 9.47 Å². The lowest BCUT2D eigenvalue weighted by atomic mass is 9.90. The molecule has 150 valence electrons. The van der Waals surface area contributed by atoms with Crippen molar-refractivity contribution in [1.82, 2.24) is 15.1 Å². The van der Waals surface area contributed by atoms with Crippen LogP contribution >= 0.6 is 0 Å². The van der Waals surface area contributed by atoms with Crippen LogP contribution in [0.15, 0.2) is 22.6 Å². The largest absolute Gasteiger partial charge is 0.497 e. The van der Waals surface area contributed by atoms with Crippen LogP contribution in [0.4, 0.5) is 0 Å². The molecule has 1 aliphatic carbocycles. The second-order valence-electron chi connectivity index (χ2n) is 7.68. The molecule has 1 amide bonds. The Morgan fingerprint density at radius 2 is 2.07 bits per heavy atom. The Morgan fingerprint density at radius 1 is 1.21 bits per heavy atom. The van der Waals surface area contributed by atoms with Crippen molar-refractivity contribution >= 4 is 5.91 Å². The third-order valence-electron chi connectivity index (χ3n) is 5.86. The Labute approximate surface area is 165 Å². The topological polar surface area (TPSA) is 77.7 Å². The zero-order valence-corrected chi connectivity index (χ0v) is 16.5. The second kappa shape index (κ2) is 8.20. The summed E-state index contributed by atoms with van der Waals surface area (Å²) in [6.45, 7) is 0.925. The predicted molar refractivity (Wildman–Crippen MR) is 102 cm³/mol. The molecule has 0 N–H and O–H groups in total. The van der Waals surface area contributed by atoms with Gasteiger partial charge in [0, 0.05) is 31.0 Å². The molecular formula is C21H27N3O4. The molecule has 2 heterocycles. The number of amides is 1. The minimum atomic E-state index is 0.212. The van der Waals surface area contributed by atoms with Crippen molar-refractivity contribution in [3.63, 3.8) is 0 Å². The molecule has 28 heavy (non-hydrogen) atoms. The van der Waals surface area contributed by atoms with Gasteiger partial charge in [0.15, 0.2) is 0 Å². The number of hydrogen-bond donors (Lipinski definition) is 0. The normalized spacial score (nSPS) is 21.0. The molecule has 4 rings (SSSR count). The van der Waals surface area contributed by atoms with Gasteiger partial charge in [0.1, 0.15) is 11.5 Å². The zero-order valence-electron chi connectivity index (χ0n) is 16.5. The van der Waals surface area contributed by atoms with Gasteiger partial charge in [-0.05, 0) is 43.4 Å². The number of carbonyl (C=O) groups is 1. The van der Waals surface area contributed by atoms with E-state index < -0.39 is 0 Å². The first-order valence-corrected chi connectivity index (χ1v) is 9.98. The number of fused-ring (bicyclic) bond motifs is 2. The number of aromatic nitrogens is 2. The Bertz CT molecular complexity index is 835. The van der Waals surface area contributed by atoms with Crippen molar-refractivity contribution in [3.05, 3.63) is 35.5 Å². The summed E-state index contributed by atoms with van der Waals surface area (Å²) in [5.41, 5.74) is 0.914. The maximum absolute atomic E-state index is 12.6. The standard InChI is InChI=1S/C21H27N3O4/c1-26-17-6-7-18(27-2)15(11-17)12-20-23-22-19(28-20)8-9-21(25)24-13-14-4-3-5-16(24)10-14/h6-7,11,14,16H,3-5,8-10,12-13H2,1-2H3/t14-,16+/m0/s1. The number of likely N-dealkylation sites (tertiary alicyclic amines) is 1. The van der Waals surface area contributed by atoms with Gasteiger partial charge in [-0.3, -0.25) is 4.79 Å². The molecule has 7 nitrogen and oxygen atoms in total. The summed E-state index contributed by atoms with van der Waals surface area (Å²) in [6, 6.07) is 6.05. The van der Waals surface area contributed by atoms with E-state index in [0.717, 1.165) is 30.0 Å². The molecule has 7 heteroatoms. The summed E-state index contributed by atoms with van der Waals surface area (Å²) in [6.07, 6.45) is 6.20. The molecule has 2 bridgehead atoms. The van der Waals surface area contributed by atoms with Gasteiger partial charge in [0.05, 0.1) is 20.6 Å². The molecule has 1 aromatic heterocycles. The summed E-state index contributed by atoms with van der Waals surface area (Å²) >= 11 is 0. The molecule has 0 spiro atoms. The maximum Gasteiger partial charge on any atom is 0.223 e. The van der Waals surface area contributed by atoms with Crippen LogP contribution in [-0.4, -0.2) is 47.8 Å². The first kappa shape index (κ1) is 18.8. The van der Waals surface area contributed by atoms with E-state index in [1.54, 1.807) is 14.2 Å². The number of benzene rings is 1. The van der Waals surface area contributed by atoms with Crippen molar-refractivity contribution in [2.24, 2.45) is 5.92 Å². The molecule has 2 aromatic rings. The van der Waals surface area contributed by atoms with E-state index >= 15 is 0 Å². The zero-order chi connectivity index (χ0) is 19.5. The van der Waals surface area contributed by atoms with Crippen LogP contribution in [-0.2, 0) is 17.6 Å². The van der Waals surface area contributed by atoms with Gasteiger partial charge in [-0.2, -0.15) is 0 Å². The number of aryl methyl sites for hydroxylation is 1. The fourth-order valence-electron chi connectivity index (χ4n) is 4.45. The minimum absolute atomic E-state index is 0.212. The van der Waals surface area contributed by atoms with Crippen molar-refractivity contribution in [1.29, 1.82) is 0 Å². The van der Waals surface area contributed by atoms with E-state index in [-0.39, 0.29) is 5.91 Å². The van der Waals surface area contributed by atoms with E-state index in [1.165, 1.54) is 19.3 Å². The molecule has 0 radical (unpaired) electrons. The van der Waals surface area contributed by atoms with E-state index in [2.05, 4.69) is 15.1 Å². The van der Waals surface area contributed by atoms with Gasteiger partial charge in [0.25, 0.3) is 0 Å².